The van der Waals surface area contributed by atoms with Gasteiger partial charge in [0.2, 0.25) is 5.95 Å². The SMILES string of the molecule is Nc1ccnc(Nc2cc(Cl)c(F)c(Cl)c2)n1. The van der Waals surface area contributed by atoms with Crippen LogP contribution >= 0.6 is 23.2 Å². The first-order valence-electron chi connectivity index (χ1n) is 4.56. The summed E-state index contributed by atoms with van der Waals surface area (Å²) in [6.07, 6.45) is 1.50. The molecule has 88 valence electrons. The van der Waals surface area contributed by atoms with E-state index >= 15 is 0 Å². The summed E-state index contributed by atoms with van der Waals surface area (Å²) in [4.78, 5) is 7.86. The number of hydrogen-bond donors (Lipinski definition) is 2. The third-order valence-corrected chi connectivity index (χ3v) is 2.47. The molecule has 2 aromatic rings. The van der Waals surface area contributed by atoms with Gasteiger partial charge in [-0.25, -0.2) is 9.37 Å². The van der Waals surface area contributed by atoms with Crippen LogP contribution in [0.15, 0.2) is 24.4 Å². The van der Waals surface area contributed by atoms with Gasteiger partial charge in [-0.15, -0.1) is 0 Å². The summed E-state index contributed by atoms with van der Waals surface area (Å²) in [7, 11) is 0. The predicted molar refractivity (Wildman–Crippen MR) is 66.1 cm³/mol. The molecule has 0 saturated carbocycles. The first kappa shape index (κ1) is 11.9. The van der Waals surface area contributed by atoms with Crippen LogP contribution in [-0.4, -0.2) is 9.97 Å². The lowest BCUT2D eigenvalue weighted by molar-refractivity contribution is 0.629. The van der Waals surface area contributed by atoms with Gasteiger partial charge in [0.1, 0.15) is 5.82 Å². The quantitative estimate of drug-likeness (QED) is 0.824. The van der Waals surface area contributed by atoms with Crippen LogP contribution in [0.5, 0.6) is 0 Å². The Morgan fingerprint density at radius 1 is 1.24 bits per heavy atom. The predicted octanol–water partition coefficient (Wildman–Crippen LogP) is 3.25. The molecule has 0 atom stereocenters. The Bertz CT molecular complexity index is 539. The van der Waals surface area contributed by atoms with Crippen molar-refractivity contribution < 1.29 is 4.39 Å². The molecule has 0 saturated heterocycles. The molecule has 0 radical (unpaired) electrons. The number of anilines is 3. The normalized spacial score (nSPS) is 10.3. The highest BCUT2D eigenvalue weighted by molar-refractivity contribution is 6.35. The lowest BCUT2D eigenvalue weighted by Gasteiger charge is -2.06. The maximum atomic E-state index is 13.2. The molecule has 0 amide bonds. The van der Waals surface area contributed by atoms with Crippen LogP contribution < -0.4 is 11.1 Å². The third kappa shape index (κ3) is 2.75. The topological polar surface area (TPSA) is 63.8 Å². The molecule has 7 heteroatoms. The average molecular weight is 273 g/mol. The molecule has 3 N–H and O–H groups in total. The van der Waals surface area contributed by atoms with Gasteiger partial charge in [0.15, 0.2) is 5.82 Å². The Morgan fingerprint density at radius 2 is 1.88 bits per heavy atom. The molecule has 0 spiro atoms. The van der Waals surface area contributed by atoms with Gasteiger partial charge in [-0.3, -0.25) is 0 Å². The molecular formula is C10H7Cl2FN4. The van der Waals surface area contributed by atoms with Crippen molar-refractivity contribution in [3.8, 4) is 0 Å². The van der Waals surface area contributed by atoms with Gasteiger partial charge >= 0.3 is 0 Å². The van der Waals surface area contributed by atoms with Crippen LogP contribution in [0, 0.1) is 5.82 Å². The fourth-order valence-corrected chi connectivity index (χ4v) is 1.68. The molecular weight excluding hydrogens is 266 g/mol. The highest BCUT2D eigenvalue weighted by Gasteiger charge is 2.08. The summed E-state index contributed by atoms with van der Waals surface area (Å²) in [5.74, 6) is -0.0575. The van der Waals surface area contributed by atoms with Gasteiger partial charge in [0.05, 0.1) is 10.0 Å². The molecule has 1 aromatic heterocycles. The van der Waals surface area contributed by atoms with Gasteiger partial charge in [0.25, 0.3) is 0 Å². The number of nitrogen functional groups attached to an aromatic ring is 1. The summed E-state index contributed by atoms with van der Waals surface area (Å²) >= 11 is 11.3. The number of halogens is 3. The van der Waals surface area contributed by atoms with E-state index in [4.69, 9.17) is 28.9 Å². The summed E-state index contributed by atoms with van der Waals surface area (Å²) in [5, 5.41) is 2.66. The number of rotatable bonds is 2. The van der Waals surface area contributed by atoms with E-state index in [0.717, 1.165) is 0 Å². The lowest BCUT2D eigenvalue weighted by Crippen LogP contribution is -1.99. The summed E-state index contributed by atoms with van der Waals surface area (Å²) in [6.45, 7) is 0. The Labute approximate surface area is 107 Å². The minimum atomic E-state index is -0.660. The molecule has 0 unspecified atom stereocenters. The van der Waals surface area contributed by atoms with Crippen molar-refractivity contribution >= 4 is 40.7 Å². The first-order chi connectivity index (χ1) is 8.06. The molecule has 0 aliphatic carbocycles. The van der Waals surface area contributed by atoms with Crippen LogP contribution in [0.25, 0.3) is 0 Å². The molecule has 2 rings (SSSR count). The number of nitrogens with zero attached hydrogens (tertiary/aromatic N) is 2. The number of nitrogens with two attached hydrogens (primary N) is 1. The van der Waals surface area contributed by atoms with Crippen molar-refractivity contribution in [1.82, 2.24) is 9.97 Å². The molecule has 17 heavy (non-hydrogen) atoms. The molecule has 0 aliphatic heterocycles. The molecule has 0 bridgehead atoms. The van der Waals surface area contributed by atoms with Gasteiger partial charge < -0.3 is 11.1 Å². The van der Waals surface area contributed by atoms with Gasteiger partial charge in [-0.05, 0) is 18.2 Å². The zero-order chi connectivity index (χ0) is 12.4. The second-order valence-corrected chi connectivity index (χ2v) is 4.00. The van der Waals surface area contributed by atoms with Crippen LogP contribution in [0.4, 0.5) is 21.8 Å². The maximum Gasteiger partial charge on any atom is 0.229 e. The van der Waals surface area contributed by atoms with Gasteiger partial charge in [-0.1, -0.05) is 23.2 Å². The largest absolute Gasteiger partial charge is 0.384 e. The van der Waals surface area contributed by atoms with Crippen molar-refractivity contribution in [3.63, 3.8) is 0 Å². The average Bonchev–Trinajstić information content (AvgIpc) is 2.26. The standard InChI is InChI=1S/C10H7Cl2FN4/c11-6-3-5(4-7(12)9(6)13)16-10-15-2-1-8(14)17-10/h1-4H,(H3,14,15,16,17). The van der Waals surface area contributed by atoms with E-state index in [1.807, 2.05) is 0 Å². The smallest absolute Gasteiger partial charge is 0.229 e. The summed E-state index contributed by atoms with van der Waals surface area (Å²) < 4.78 is 13.2. The van der Waals surface area contributed by atoms with Crippen molar-refractivity contribution in [3.05, 3.63) is 40.3 Å². The Hall–Kier alpha value is -1.59. The van der Waals surface area contributed by atoms with Gasteiger partial charge in [-0.2, -0.15) is 4.98 Å². The van der Waals surface area contributed by atoms with E-state index in [9.17, 15) is 4.39 Å². The fourth-order valence-electron chi connectivity index (χ4n) is 1.19. The zero-order valence-electron chi connectivity index (χ0n) is 8.42. The fraction of sp³-hybridized carbons (Fsp3) is 0. The first-order valence-corrected chi connectivity index (χ1v) is 5.32. The van der Waals surface area contributed by atoms with Crippen LogP contribution in [-0.2, 0) is 0 Å². The molecule has 4 nitrogen and oxygen atoms in total. The highest BCUT2D eigenvalue weighted by Crippen LogP contribution is 2.28. The Morgan fingerprint density at radius 3 is 2.47 bits per heavy atom. The van der Waals surface area contributed by atoms with E-state index in [2.05, 4.69) is 15.3 Å². The monoisotopic (exact) mass is 272 g/mol. The number of nitrogens with one attached hydrogen (secondary N) is 1. The number of aromatic nitrogens is 2. The minimum absolute atomic E-state index is 0.0797. The van der Waals surface area contributed by atoms with Crippen LogP contribution in [0.1, 0.15) is 0 Å². The molecule has 0 fully saturated rings. The van der Waals surface area contributed by atoms with Crippen molar-refractivity contribution in [1.29, 1.82) is 0 Å². The van der Waals surface area contributed by atoms with Crippen molar-refractivity contribution in [2.45, 2.75) is 0 Å². The zero-order valence-corrected chi connectivity index (χ0v) is 9.93. The summed E-state index contributed by atoms with van der Waals surface area (Å²) in [5.41, 5.74) is 5.97. The van der Waals surface area contributed by atoms with Crippen LogP contribution in [0.2, 0.25) is 10.0 Å². The van der Waals surface area contributed by atoms with E-state index < -0.39 is 5.82 Å². The minimum Gasteiger partial charge on any atom is -0.384 e. The molecule has 1 aromatic carbocycles. The Balaban J connectivity index is 2.31. The van der Waals surface area contributed by atoms with E-state index in [1.165, 1.54) is 18.3 Å². The third-order valence-electron chi connectivity index (χ3n) is 1.92. The van der Waals surface area contributed by atoms with Crippen molar-refractivity contribution in [2.24, 2.45) is 0 Å². The Kier molecular flexibility index (Phi) is 3.31. The maximum absolute atomic E-state index is 13.2. The number of benzene rings is 1. The second-order valence-electron chi connectivity index (χ2n) is 3.18. The second kappa shape index (κ2) is 4.73. The van der Waals surface area contributed by atoms with Crippen LogP contribution in [0.3, 0.4) is 0 Å². The molecule has 0 aliphatic rings. The van der Waals surface area contributed by atoms with Gasteiger partial charge in [0, 0.05) is 11.9 Å². The number of hydrogen-bond acceptors (Lipinski definition) is 4. The van der Waals surface area contributed by atoms with Crippen molar-refractivity contribution in [2.75, 3.05) is 11.1 Å². The van der Waals surface area contributed by atoms with E-state index in [1.54, 1.807) is 6.07 Å². The lowest BCUT2D eigenvalue weighted by atomic mass is 10.3. The van der Waals surface area contributed by atoms with E-state index in [0.29, 0.717) is 11.5 Å². The molecule has 1 heterocycles. The summed E-state index contributed by atoms with van der Waals surface area (Å²) in [6, 6.07) is 4.32. The highest BCUT2D eigenvalue weighted by atomic mass is 35.5. The van der Waals surface area contributed by atoms with E-state index in [-0.39, 0.29) is 16.0 Å².